The van der Waals surface area contributed by atoms with Crippen LogP contribution in [-0.4, -0.2) is 40.8 Å². The second-order valence-electron chi connectivity index (χ2n) is 7.26. The van der Waals surface area contributed by atoms with Crippen LogP contribution in [-0.2, 0) is 0 Å². The molecule has 1 aliphatic carbocycles. The van der Waals surface area contributed by atoms with Crippen LogP contribution in [0.3, 0.4) is 0 Å². The van der Waals surface area contributed by atoms with E-state index < -0.39 is 5.60 Å². The standard InChI is InChI=1S/C18H25NO2/c1-13-10-18(20,12-19(13)15-6-7-15)11-14-8-9-21-17-5-3-2-4-16(14)17/h2-5,13-15,20H,6-12H2,1H3. The highest BCUT2D eigenvalue weighted by Gasteiger charge is 2.47. The Hall–Kier alpha value is -1.06. The summed E-state index contributed by atoms with van der Waals surface area (Å²) in [7, 11) is 0. The summed E-state index contributed by atoms with van der Waals surface area (Å²) in [5.41, 5.74) is 0.770. The van der Waals surface area contributed by atoms with Gasteiger partial charge in [0.2, 0.25) is 0 Å². The number of benzene rings is 1. The molecule has 21 heavy (non-hydrogen) atoms. The molecular formula is C18H25NO2. The minimum Gasteiger partial charge on any atom is -0.493 e. The van der Waals surface area contributed by atoms with Gasteiger partial charge in [-0.05, 0) is 56.6 Å². The van der Waals surface area contributed by atoms with E-state index in [0.717, 1.165) is 44.2 Å². The van der Waals surface area contributed by atoms with Crippen molar-refractivity contribution in [2.45, 2.75) is 62.6 Å². The molecule has 3 heteroatoms. The van der Waals surface area contributed by atoms with E-state index in [1.54, 1.807) is 0 Å². The fourth-order valence-electron chi connectivity index (χ4n) is 4.36. The Balaban J connectivity index is 1.51. The molecule has 3 nitrogen and oxygen atoms in total. The number of nitrogens with zero attached hydrogens (tertiary/aromatic N) is 1. The monoisotopic (exact) mass is 287 g/mol. The summed E-state index contributed by atoms with van der Waals surface area (Å²) in [6.45, 7) is 3.91. The van der Waals surface area contributed by atoms with E-state index in [4.69, 9.17) is 4.74 Å². The largest absolute Gasteiger partial charge is 0.493 e. The van der Waals surface area contributed by atoms with Crippen LogP contribution < -0.4 is 4.74 Å². The van der Waals surface area contributed by atoms with Gasteiger partial charge in [0.25, 0.3) is 0 Å². The molecule has 0 spiro atoms. The molecule has 0 aromatic heterocycles. The topological polar surface area (TPSA) is 32.7 Å². The van der Waals surface area contributed by atoms with Crippen molar-refractivity contribution in [2.24, 2.45) is 0 Å². The molecule has 1 N–H and O–H groups in total. The van der Waals surface area contributed by atoms with Gasteiger partial charge in [-0.15, -0.1) is 0 Å². The Bertz CT molecular complexity index is 528. The molecule has 1 aromatic carbocycles. The van der Waals surface area contributed by atoms with E-state index in [2.05, 4.69) is 30.0 Å². The fourth-order valence-corrected chi connectivity index (χ4v) is 4.36. The first-order valence-electron chi connectivity index (χ1n) is 8.34. The van der Waals surface area contributed by atoms with E-state index in [-0.39, 0.29) is 0 Å². The van der Waals surface area contributed by atoms with Gasteiger partial charge >= 0.3 is 0 Å². The number of fused-ring (bicyclic) bond motifs is 1. The molecule has 114 valence electrons. The Morgan fingerprint density at radius 2 is 2.10 bits per heavy atom. The van der Waals surface area contributed by atoms with Gasteiger partial charge in [0.1, 0.15) is 5.75 Å². The summed E-state index contributed by atoms with van der Waals surface area (Å²) in [6, 6.07) is 9.60. The molecule has 1 saturated heterocycles. The molecule has 0 amide bonds. The smallest absolute Gasteiger partial charge is 0.122 e. The van der Waals surface area contributed by atoms with Gasteiger partial charge in [-0.25, -0.2) is 0 Å². The minimum absolute atomic E-state index is 0.436. The number of β-amino-alcohol motifs (C(OH)–C–C–N with tert-alkyl or cyclic N) is 1. The molecule has 3 atom stereocenters. The Kier molecular flexibility index (Phi) is 3.23. The second kappa shape index (κ2) is 4.99. The molecule has 4 rings (SSSR count). The van der Waals surface area contributed by atoms with Crippen LogP contribution in [0.15, 0.2) is 24.3 Å². The average molecular weight is 287 g/mol. The number of ether oxygens (including phenoxy) is 1. The van der Waals surface area contributed by atoms with Crippen LogP contribution >= 0.6 is 0 Å². The van der Waals surface area contributed by atoms with E-state index in [0.29, 0.717) is 12.0 Å². The summed E-state index contributed by atoms with van der Waals surface area (Å²) < 4.78 is 5.75. The van der Waals surface area contributed by atoms with Gasteiger partial charge in [0, 0.05) is 18.6 Å². The average Bonchev–Trinajstić information content (AvgIpc) is 3.25. The summed E-state index contributed by atoms with van der Waals surface area (Å²) in [5, 5.41) is 11.1. The van der Waals surface area contributed by atoms with Crippen molar-refractivity contribution in [3.8, 4) is 5.75 Å². The number of aliphatic hydroxyl groups is 1. The Labute approximate surface area is 126 Å². The normalized spacial score (nSPS) is 36.3. The highest BCUT2D eigenvalue weighted by molar-refractivity contribution is 5.38. The van der Waals surface area contributed by atoms with Crippen LogP contribution in [0.4, 0.5) is 0 Å². The van der Waals surface area contributed by atoms with Crippen LogP contribution in [0.25, 0.3) is 0 Å². The first kappa shape index (κ1) is 13.6. The zero-order valence-corrected chi connectivity index (χ0v) is 12.8. The first-order valence-corrected chi connectivity index (χ1v) is 8.34. The van der Waals surface area contributed by atoms with Gasteiger partial charge in [0.15, 0.2) is 0 Å². The molecule has 0 radical (unpaired) electrons. The number of rotatable bonds is 3. The summed E-state index contributed by atoms with van der Waals surface area (Å²) >= 11 is 0. The maximum Gasteiger partial charge on any atom is 0.122 e. The molecule has 1 saturated carbocycles. The quantitative estimate of drug-likeness (QED) is 0.928. The lowest BCUT2D eigenvalue weighted by Crippen LogP contribution is -2.36. The van der Waals surface area contributed by atoms with Crippen molar-refractivity contribution in [3.05, 3.63) is 29.8 Å². The van der Waals surface area contributed by atoms with Gasteiger partial charge in [-0.1, -0.05) is 18.2 Å². The predicted molar refractivity (Wildman–Crippen MR) is 82.7 cm³/mol. The van der Waals surface area contributed by atoms with Crippen molar-refractivity contribution >= 4 is 0 Å². The molecular weight excluding hydrogens is 262 g/mol. The van der Waals surface area contributed by atoms with Crippen molar-refractivity contribution in [1.82, 2.24) is 4.90 Å². The van der Waals surface area contributed by atoms with Gasteiger partial charge in [-0.3, -0.25) is 4.90 Å². The number of para-hydroxylation sites is 1. The predicted octanol–water partition coefficient (Wildman–Crippen LogP) is 2.93. The van der Waals surface area contributed by atoms with E-state index in [1.165, 1.54) is 18.4 Å². The van der Waals surface area contributed by atoms with E-state index in [9.17, 15) is 5.11 Å². The summed E-state index contributed by atoms with van der Waals surface area (Å²) in [5.74, 6) is 1.45. The molecule has 2 fully saturated rings. The maximum absolute atomic E-state index is 11.1. The number of hydrogen-bond acceptors (Lipinski definition) is 3. The summed E-state index contributed by atoms with van der Waals surface area (Å²) in [4.78, 5) is 2.53. The zero-order valence-electron chi connectivity index (χ0n) is 12.8. The van der Waals surface area contributed by atoms with Crippen LogP contribution in [0.1, 0.15) is 50.5 Å². The second-order valence-corrected chi connectivity index (χ2v) is 7.26. The van der Waals surface area contributed by atoms with Gasteiger partial charge in [0.05, 0.1) is 12.2 Å². The molecule has 2 heterocycles. The highest BCUT2D eigenvalue weighted by atomic mass is 16.5. The van der Waals surface area contributed by atoms with Crippen molar-refractivity contribution < 1.29 is 9.84 Å². The molecule has 3 unspecified atom stereocenters. The molecule has 3 aliphatic rings. The zero-order chi connectivity index (χ0) is 14.4. The van der Waals surface area contributed by atoms with Crippen molar-refractivity contribution in [1.29, 1.82) is 0 Å². The lowest BCUT2D eigenvalue weighted by atomic mass is 9.81. The highest BCUT2D eigenvalue weighted by Crippen LogP contribution is 2.44. The molecule has 0 bridgehead atoms. The fraction of sp³-hybridized carbons (Fsp3) is 0.667. The van der Waals surface area contributed by atoms with Crippen molar-refractivity contribution in [3.63, 3.8) is 0 Å². The van der Waals surface area contributed by atoms with Crippen LogP contribution in [0.5, 0.6) is 5.75 Å². The number of hydrogen-bond donors (Lipinski definition) is 1. The lowest BCUT2D eigenvalue weighted by Gasteiger charge is -2.32. The van der Waals surface area contributed by atoms with E-state index in [1.807, 2.05) is 6.07 Å². The third kappa shape index (κ3) is 2.58. The molecule has 1 aromatic rings. The SMILES string of the molecule is CC1CC(O)(CC2CCOc3ccccc32)CN1C1CC1. The van der Waals surface area contributed by atoms with Crippen LogP contribution in [0, 0.1) is 0 Å². The third-order valence-electron chi connectivity index (χ3n) is 5.44. The minimum atomic E-state index is -0.517. The molecule has 2 aliphatic heterocycles. The third-order valence-corrected chi connectivity index (χ3v) is 5.44. The van der Waals surface area contributed by atoms with Crippen LogP contribution in [0.2, 0.25) is 0 Å². The first-order chi connectivity index (χ1) is 10.1. The lowest BCUT2D eigenvalue weighted by molar-refractivity contribution is 0.0285. The van der Waals surface area contributed by atoms with Gasteiger partial charge < -0.3 is 9.84 Å². The Morgan fingerprint density at radius 1 is 1.29 bits per heavy atom. The Morgan fingerprint density at radius 3 is 2.90 bits per heavy atom. The van der Waals surface area contributed by atoms with Gasteiger partial charge in [-0.2, -0.15) is 0 Å². The summed E-state index contributed by atoms with van der Waals surface area (Å²) in [6.07, 6.45) is 5.46. The maximum atomic E-state index is 11.1. The number of likely N-dealkylation sites (tertiary alicyclic amines) is 1. The van der Waals surface area contributed by atoms with E-state index >= 15 is 0 Å². The van der Waals surface area contributed by atoms with Crippen molar-refractivity contribution in [2.75, 3.05) is 13.2 Å².